The van der Waals surface area contributed by atoms with Crippen LogP contribution in [-0.2, 0) is 6.54 Å². The van der Waals surface area contributed by atoms with E-state index in [1.54, 1.807) is 38.7 Å². The predicted octanol–water partition coefficient (Wildman–Crippen LogP) is 4.19. The molecule has 0 radical (unpaired) electrons. The van der Waals surface area contributed by atoms with Gasteiger partial charge in [-0.15, -0.1) is 0 Å². The van der Waals surface area contributed by atoms with Crippen LogP contribution in [0.1, 0.15) is 24.1 Å². The number of methoxy groups -OCH3 is 2. The van der Waals surface area contributed by atoms with Gasteiger partial charge in [-0.3, -0.25) is 15.1 Å². The highest BCUT2D eigenvalue weighted by Crippen LogP contribution is 2.29. The first-order chi connectivity index (χ1) is 14.5. The minimum Gasteiger partial charge on any atom is -0.497 e. The van der Waals surface area contributed by atoms with Gasteiger partial charge in [0, 0.05) is 36.6 Å². The van der Waals surface area contributed by atoms with Crippen molar-refractivity contribution in [3.63, 3.8) is 0 Å². The van der Waals surface area contributed by atoms with Crippen LogP contribution in [0.4, 0.5) is 17.3 Å². The van der Waals surface area contributed by atoms with Crippen molar-refractivity contribution in [3.05, 3.63) is 76.1 Å². The maximum Gasteiger partial charge on any atom is 0.311 e. The van der Waals surface area contributed by atoms with Crippen LogP contribution in [0.25, 0.3) is 0 Å². The zero-order valence-electron chi connectivity index (χ0n) is 17.0. The number of nitrogens with zero attached hydrogens (tertiary/aromatic N) is 3. The van der Waals surface area contributed by atoms with Crippen LogP contribution >= 0.6 is 0 Å². The number of hydrogen-bond acceptors (Lipinski definition) is 8. The Kier molecular flexibility index (Phi) is 6.63. The fourth-order valence-corrected chi connectivity index (χ4v) is 2.91. The van der Waals surface area contributed by atoms with Crippen molar-refractivity contribution in [3.8, 4) is 11.5 Å². The molecule has 1 atom stereocenters. The van der Waals surface area contributed by atoms with Gasteiger partial charge in [0.2, 0.25) is 5.82 Å². The van der Waals surface area contributed by atoms with Gasteiger partial charge in [0.1, 0.15) is 17.3 Å². The summed E-state index contributed by atoms with van der Waals surface area (Å²) in [6.07, 6.45) is 3.39. The van der Waals surface area contributed by atoms with Crippen molar-refractivity contribution < 1.29 is 14.4 Å². The van der Waals surface area contributed by atoms with E-state index in [0.29, 0.717) is 23.9 Å². The fraction of sp³-hybridized carbons (Fsp3) is 0.238. The second kappa shape index (κ2) is 9.55. The number of nitro groups is 1. The van der Waals surface area contributed by atoms with Gasteiger partial charge in [0.15, 0.2) is 0 Å². The summed E-state index contributed by atoms with van der Waals surface area (Å²) in [7, 11) is 3.18. The summed E-state index contributed by atoms with van der Waals surface area (Å²) in [4.78, 5) is 19.5. The highest BCUT2D eigenvalue weighted by molar-refractivity contribution is 5.61. The zero-order chi connectivity index (χ0) is 21.5. The Morgan fingerprint density at radius 3 is 2.67 bits per heavy atom. The SMILES string of the molecule is COc1ccc(CNc2ccc([N+](=O)[O-])c(N[C@H](C)c3cccnc3)n2)c(OC)c1. The normalized spacial score (nSPS) is 11.4. The number of ether oxygens (including phenoxy) is 2. The number of nitrogens with one attached hydrogen (secondary N) is 2. The molecule has 0 amide bonds. The summed E-state index contributed by atoms with van der Waals surface area (Å²) < 4.78 is 10.6. The van der Waals surface area contributed by atoms with Gasteiger partial charge in [-0.05, 0) is 36.8 Å². The van der Waals surface area contributed by atoms with Crippen molar-refractivity contribution in [1.29, 1.82) is 0 Å². The van der Waals surface area contributed by atoms with Gasteiger partial charge >= 0.3 is 5.69 Å². The lowest BCUT2D eigenvalue weighted by Gasteiger charge is -2.16. The van der Waals surface area contributed by atoms with E-state index in [1.165, 1.54) is 6.07 Å². The van der Waals surface area contributed by atoms with Crippen molar-refractivity contribution in [2.24, 2.45) is 0 Å². The summed E-state index contributed by atoms with van der Waals surface area (Å²) in [6, 6.07) is 12.0. The molecule has 0 unspecified atom stereocenters. The van der Waals surface area contributed by atoms with Gasteiger partial charge in [-0.2, -0.15) is 0 Å². The molecular weight excluding hydrogens is 386 g/mol. The number of benzene rings is 1. The van der Waals surface area contributed by atoms with Gasteiger partial charge in [0.05, 0.1) is 25.2 Å². The molecule has 0 fully saturated rings. The third-order valence-electron chi connectivity index (χ3n) is 4.56. The lowest BCUT2D eigenvalue weighted by atomic mass is 10.1. The van der Waals surface area contributed by atoms with Crippen molar-refractivity contribution in [2.75, 3.05) is 24.9 Å². The first-order valence-electron chi connectivity index (χ1n) is 9.28. The minimum absolute atomic E-state index is 0.0988. The maximum atomic E-state index is 11.4. The molecule has 0 bridgehead atoms. The minimum atomic E-state index is -0.457. The first-order valence-corrected chi connectivity index (χ1v) is 9.28. The molecule has 0 saturated carbocycles. The molecule has 1 aromatic carbocycles. The monoisotopic (exact) mass is 409 g/mol. The smallest absolute Gasteiger partial charge is 0.311 e. The van der Waals surface area contributed by atoms with Gasteiger partial charge in [-0.1, -0.05) is 6.07 Å². The topological polar surface area (TPSA) is 111 Å². The summed E-state index contributed by atoms with van der Waals surface area (Å²) in [5.74, 6) is 2.05. The summed E-state index contributed by atoms with van der Waals surface area (Å²) in [6.45, 7) is 2.32. The Morgan fingerprint density at radius 2 is 2.00 bits per heavy atom. The fourth-order valence-electron chi connectivity index (χ4n) is 2.91. The summed E-state index contributed by atoms with van der Waals surface area (Å²) in [5, 5.41) is 17.7. The Hall–Kier alpha value is -3.88. The molecule has 3 rings (SSSR count). The highest BCUT2D eigenvalue weighted by atomic mass is 16.6. The third-order valence-corrected chi connectivity index (χ3v) is 4.56. The van der Waals surface area contributed by atoms with Crippen LogP contribution in [-0.4, -0.2) is 29.1 Å². The Balaban J connectivity index is 1.80. The molecule has 2 aromatic heterocycles. The maximum absolute atomic E-state index is 11.4. The van der Waals surface area contributed by atoms with Gasteiger partial charge in [-0.25, -0.2) is 4.98 Å². The second-order valence-corrected chi connectivity index (χ2v) is 6.51. The molecule has 0 aliphatic heterocycles. The lowest BCUT2D eigenvalue weighted by Crippen LogP contribution is -2.11. The molecule has 0 aliphatic rings. The molecule has 2 N–H and O–H groups in total. The van der Waals surface area contributed by atoms with E-state index in [-0.39, 0.29) is 17.5 Å². The number of aromatic nitrogens is 2. The van der Waals surface area contributed by atoms with Crippen molar-refractivity contribution >= 4 is 17.3 Å². The molecule has 9 heteroatoms. The molecule has 2 heterocycles. The highest BCUT2D eigenvalue weighted by Gasteiger charge is 2.19. The van der Waals surface area contributed by atoms with Crippen LogP contribution in [0.15, 0.2) is 54.9 Å². The molecule has 3 aromatic rings. The van der Waals surface area contributed by atoms with Crippen molar-refractivity contribution in [2.45, 2.75) is 19.5 Å². The quantitative estimate of drug-likeness (QED) is 0.400. The summed E-state index contributed by atoms with van der Waals surface area (Å²) >= 11 is 0. The van der Waals surface area contributed by atoms with E-state index >= 15 is 0 Å². The number of rotatable bonds is 9. The van der Waals surface area contributed by atoms with Crippen LogP contribution in [0.3, 0.4) is 0 Å². The second-order valence-electron chi connectivity index (χ2n) is 6.51. The number of anilines is 2. The first kappa shape index (κ1) is 20.8. The van der Waals surface area contributed by atoms with E-state index in [4.69, 9.17) is 9.47 Å². The molecule has 156 valence electrons. The van der Waals surface area contributed by atoms with Crippen molar-refractivity contribution in [1.82, 2.24) is 9.97 Å². The van der Waals surface area contributed by atoms with Crippen LogP contribution in [0.2, 0.25) is 0 Å². The molecule has 9 nitrogen and oxygen atoms in total. The molecular formula is C21H23N5O4. The standard InChI is InChI=1S/C21H23N5O4/c1-14(15-5-4-10-22-12-15)24-21-18(26(27)28)8-9-20(25-21)23-13-16-6-7-17(29-2)11-19(16)30-3/h4-12,14H,13H2,1-3H3,(H2,23,24,25)/t14-/m1/s1. The van der Waals surface area contributed by atoms with Gasteiger partial charge in [0.25, 0.3) is 0 Å². The average Bonchev–Trinajstić information content (AvgIpc) is 2.78. The number of pyridine rings is 2. The average molecular weight is 409 g/mol. The largest absolute Gasteiger partial charge is 0.497 e. The van der Waals surface area contributed by atoms with Crippen LogP contribution in [0.5, 0.6) is 11.5 Å². The van der Waals surface area contributed by atoms with E-state index < -0.39 is 4.92 Å². The van der Waals surface area contributed by atoms with E-state index in [2.05, 4.69) is 20.6 Å². The zero-order valence-corrected chi connectivity index (χ0v) is 17.0. The predicted molar refractivity (Wildman–Crippen MR) is 114 cm³/mol. The van der Waals surface area contributed by atoms with Crippen LogP contribution < -0.4 is 20.1 Å². The summed E-state index contributed by atoms with van der Waals surface area (Å²) in [5.41, 5.74) is 1.70. The Labute approximate surface area is 174 Å². The molecule has 0 spiro atoms. The molecule has 0 aliphatic carbocycles. The van der Waals surface area contributed by atoms with E-state index in [1.807, 2.05) is 31.2 Å². The molecule has 0 saturated heterocycles. The van der Waals surface area contributed by atoms with Gasteiger partial charge < -0.3 is 20.1 Å². The third kappa shape index (κ3) is 4.93. The lowest BCUT2D eigenvalue weighted by molar-refractivity contribution is -0.384. The van der Waals surface area contributed by atoms with Crippen LogP contribution in [0, 0.1) is 10.1 Å². The van der Waals surface area contributed by atoms with E-state index in [9.17, 15) is 10.1 Å². The molecule has 30 heavy (non-hydrogen) atoms. The number of hydrogen-bond donors (Lipinski definition) is 2. The Morgan fingerprint density at radius 1 is 1.17 bits per heavy atom. The Bertz CT molecular complexity index is 1010. The van der Waals surface area contributed by atoms with E-state index in [0.717, 1.165) is 11.1 Å².